The molecule has 0 aliphatic carbocycles. The number of hydrogen-bond acceptors (Lipinski definition) is 5. The van der Waals surface area contributed by atoms with E-state index in [2.05, 4.69) is 25.8 Å². The minimum atomic E-state index is -0.307. The monoisotopic (exact) mass is 315 g/mol. The predicted octanol–water partition coefficient (Wildman–Crippen LogP) is 4.15. The summed E-state index contributed by atoms with van der Waals surface area (Å²) in [5.74, 6) is 0.482. The van der Waals surface area contributed by atoms with Crippen LogP contribution in [0.4, 0.5) is 27.5 Å². The highest BCUT2D eigenvalue weighted by Crippen LogP contribution is 2.24. The van der Waals surface area contributed by atoms with Crippen LogP contribution in [0, 0.1) is 5.82 Å². The molecule has 0 radical (unpaired) electrons. The normalized spacial score (nSPS) is 10.3. The van der Waals surface area contributed by atoms with E-state index in [1.54, 1.807) is 18.2 Å². The summed E-state index contributed by atoms with van der Waals surface area (Å²) in [4.78, 5) is 4.28. The van der Waals surface area contributed by atoms with Crippen LogP contribution in [0.1, 0.15) is 0 Å². The topological polar surface area (TPSA) is 62.7 Å². The molecule has 0 aliphatic heterocycles. The molecule has 0 atom stereocenters. The highest BCUT2D eigenvalue weighted by Gasteiger charge is 2.04. The molecule has 7 heteroatoms. The van der Waals surface area contributed by atoms with Crippen LogP contribution in [0.15, 0.2) is 54.7 Å². The smallest absolute Gasteiger partial charge is 0.249 e. The van der Waals surface area contributed by atoms with Crippen molar-refractivity contribution in [1.29, 1.82) is 0 Å². The van der Waals surface area contributed by atoms with E-state index in [1.807, 2.05) is 18.2 Å². The van der Waals surface area contributed by atoms with Gasteiger partial charge in [-0.1, -0.05) is 23.7 Å². The van der Waals surface area contributed by atoms with Crippen molar-refractivity contribution < 1.29 is 4.39 Å². The van der Waals surface area contributed by atoms with Gasteiger partial charge in [-0.05, 0) is 36.4 Å². The molecule has 5 nitrogen and oxygen atoms in total. The summed E-state index contributed by atoms with van der Waals surface area (Å²) < 4.78 is 12.9. The lowest BCUT2D eigenvalue weighted by Gasteiger charge is -2.08. The van der Waals surface area contributed by atoms with Crippen LogP contribution in [-0.2, 0) is 0 Å². The second kappa shape index (κ2) is 6.36. The van der Waals surface area contributed by atoms with Crippen molar-refractivity contribution in [2.24, 2.45) is 0 Å². The molecule has 2 aromatic carbocycles. The number of hydrogen-bond donors (Lipinski definition) is 2. The van der Waals surface area contributed by atoms with Crippen LogP contribution in [-0.4, -0.2) is 15.2 Å². The SMILES string of the molecule is Fc1ccc(Nc2nncc(Nc3ccccc3Cl)n2)cc1. The van der Waals surface area contributed by atoms with Gasteiger partial charge in [-0.25, -0.2) is 4.39 Å². The van der Waals surface area contributed by atoms with Crippen LogP contribution in [0.5, 0.6) is 0 Å². The number of halogens is 2. The van der Waals surface area contributed by atoms with Crippen LogP contribution in [0.25, 0.3) is 0 Å². The lowest BCUT2D eigenvalue weighted by molar-refractivity contribution is 0.628. The molecule has 110 valence electrons. The van der Waals surface area contributed by atoms with E-state index in [0.717, 1.165) is 5.69 Å². The maximum absolute atomic E-state index is 12.9. The molecule has 0 amide bonds. The summed E-state index contributed by atoms with van der Waals surface area (Å²) in [6.45, 7) is 0. The van der Waals surface area contributed by atoms with Gasteiger partial charge in [0, 0.05) is 5.69 Å². The molecule has 22 heavy (non-hydrogen) atoms. The first kappa shape index (κ1) is 14.2. The molecule has 3 aromatic rings. The number of benzene rings is 2. The molecule has 0 spiro atoms. The Kier molecular flexibility index (Phi) is 4.11. The minimum absolute atomic E-state index is 0.295. The maximum Gasteiger partial charge on any atom is 0.249 e. The van der Waals surface area contributed by atoms with Crippen LogP contribution < -0.4 is 10.6 Å². The second-order valence-electron chi connectivity index (χ2n) is 4.40. The molecule has 2 N–H and O–H groups in total. The van der Waals surface area contributed by atoms with Crippen molar-refractivity contribution in [3.8, 4) is 0 Å². The summed E-state index contributed by atoms with van der Waals surface area (Å²) in [5, 5.41) is 14.3. The molecule has 1 aromatic heterocycles. The first-order valence-corrected chi connectivity index (χ1v) is 6.82. The van der Waals surface area contributed by atoms with Crippen molar-refractivity contribution in [2.45, 2.75) is 0 Å². The first-order chi connectivity index (χ1) is 10.7. The summed E-state index contributed by atoms with van der Waals surface area (Å²) in [6.07, 6.45) is 1.49. The Balaban J connectivity index is 1.78. The lowest BCUT2D eigenvalue weighted by Crippen LogP contribution is -2.02. The molecule has 0 unspecified atom stereocenters. The zero-order chi connectivity index (χ0) is 15.4. The van der Waals surface area contributed by atoms with Crippen molar-refractivity contribution >= 4 is 34.7 Å². The van der Waals surface area contributed by atoms with E-state index in [1.165, 1.54) is 18.3 Å². The van der Waals surface area contributed by atoms with Gasteiger partial charge in [0.15, 0.2) is 5.82 Å². The van der Waals surface area contributed by atoms with E-state index in [-0.39, 0.29) is 5.82 Å². The second-order valence-corrected chi connectivity index (χ2v) is 4.81. The van der Waals surface area contributed by atoms with Crippen molar-refractivity contribution in [2.75, 3.05) is 10.6 Å². The Morgan fingerprint density at radius 2 is 1.73 bits per heavy atom. The molecule has 0 fully saturated rings. The Bertz CT molecular complexity index is 779. The van der Waals surface area contributed by atoms with Gasteiger partial charge in [0.2, 0.25) is 5.95 Å². The number of nitrogens with one attached hydrogen (secondary N) is 2. The summed E-state index contributed by atoms with van der Waals surface area (Å²) >= 11 is 6.08. The number of rotatable bonds is 4. The third kappa shape index (κ3) is 3.48. The molecule has 0 saturated carbocycles. The minimum Gasteiger partial charge on any atom is -0.338 e. The van der Waals surface area contributed by atoms with E-state index < -0.39 is 0 Å². The molecule has 3 rings (SSSR count). The quantitative estimate of drug-likeness (QED) is 0.757. The Labute approximate surface area is 131 Å². The fraction of sp³-hybridized carbons (Fsp3) is 0. The van der Waals surface area contributed by atoms with Gasteiger partial charge in [0.05, 0.1) is 16.9 Å². The average molecular weight is 316 g/mol. The van der Waals surface area contributed by atoms with E-state index in [9.17, 15) is 4.39 Å². The first-order valence-electron chi connectivity index (χ1n) is 6.44. The van der Waals surface area contributed by atoms with Gasteiger partial charge >= 0.3 is 0 Å². The zero-order valence-corrected chi connectivity index (χ0v) is 12.0. The number of aromatic nitrogens is 3. The van der Waals surface area contributed by atoms with Crippen molar-refractivity contribution in [1.82, 2.24) is 15.2 Å². The Hall–Kier alpha value is -2.73. The Morgan fingerprint density at radius 1 is 0.955 bits per heavy atom. The highest BCUT2D eigenvalue weighted by atomic mass is 35.5. The maximum atomic E-state index is 12.9. The van der Waals surface area contributed by atoms with Crippen LogP contribution >= 0.6 is 11.6 Å². The van der Waals surface area contributed by atoms with Gasteiger partial charge in [-0.15, -0.1) is 5.10 Å². The summed E-state index contributed by atoms with van der Waals surface area (Å²) in [7, 11) is 0. The fourth-order valence-corrected chi connectivity index (χ4v) is 1.96. The lowest BCUT2D eigenvalue weighted by atomic mass is 10.3. The van der Waals surface area contributed by atoms with E-state index in [4.69, 9.17) is 11.6 Å². The van der Waals surface area contributed by atoms with Crippen molar-refractivity contribution in [3.05, 3.63) is 65.6 Å². The third-order valence-corrected chi connectivity index (χ3v) is 3.13. The van der Waals surface area contributed by atoms with Crippen LogP contribution in [0.3, 0.4) is 0 Å². The van der Waals surface area contributed by atoms with Gasteiger partial charge in [-0.2, -0.15) is 10.1 Å². The number of nitrogens with zero attached hydrogens (tertiary/aromatic N) is 3. The highest BCUT2D eigenvalue weighted by molar-refractivity contribution is 6.33. The average Bonchev–Trinajstić information content (AvgIpc) is 2.52. The fourth-order valence-electron chi connectivity index (χ4n) is 1.78. The summed E-state index contributed by atoms with van der Waals surface area (Å²) in [6, 6.07) is 13.2. The van der Waals surface area contributed by atoms with E-state index >= 15 is 0 Å². The number of anilines is 4. The van der Waals surface area contributed by atoms with Gasteiger partial charge in [-0.3, -0.25) is 0 Å². The molecular weight excluding hydrogens is 305 g/mol. The third-order valence-electron chi connectivity index (χ3n) is 2.80. The van der Waals surface area contributed by atoms with Crippen molar-refractivity contribution in [3.63, 3.8) is 0 Å². The number of para-hydroxylation sites is 1. The molecule has 0 bridgehead atoms. The Morgan fingerprint density at radius 3 is 2.50 bits per heavy atom. The van der Waals surface area contributed by atoms with E-state index in [0.29, 0.717) is 22.5 Å². The van der Waals surface area contributed by atoms with Gasteiger partial charge < -0.3 is 10.6 Å². The molecule has 0 saturated heterocycles. The zero-order valence-electron chi connectivity index (χ0n) is 11.3. The van der Waals surface area contributed by atoms with Crippen LogP contribution in [0.2, 0.25) is 5.02 Å². The predicted molar refractivity (Wildman–Crippen MR) is 84.2 cm³/mol. The molecular formula is C15H11ClFN5. The van der Waals surface area contributed by atoms with Gasteiger partial charge in [0.1, 0.15) is 5.82 Å². The molecule has 1 heterocycles. The largest absolute Gasteiger partial charge is 0.338 e. The molecule has 0 aliphatic rings. The standard InChI is InChI=1S/C15H11ClFN5/c16-12-3-1-2-4-13(12)20-14-9-18-22-15(21-14)19-11-7-5-10(17)6-8-11/h1-9H,(H2,19,20,21,22). The summed E-state index contributed by atoms with van der Waals surface area (Å²) in [5.41, 5.74) is 1.38. The van der Waals surface area contributed by atoms with Gasteiger partial charge in [0.25, 0.3) is 0 Å².